The van der Waals surface area contributed by atoms with E-state index in [9.17, 15) is 14.4 Å². The number of carbonyl (C=O) groups excluding carboxylic acids is 3. The summed E-state index contributed by atoms with van der Waals surface area (Å²) in [5.41, 5.74) is 2.38. The molecule has 7 heteroatoms. The Balaban J connectivity index is 1.64. The zero-order valence-electron chi connectivity index (χ0n) is 19.9. The number of thioether (sulfide) groups is 1. The Morgan fingerprint density at radius 1 is 1.18 bits per heavy atom. The molecular weight excluding hydrogens is 438 g/mol. The van der Waals surface area contributed by atoms with E-state index in [0.29, 0.717) is 12.5 Å². The van der Waals surface area contributed by atoms with Crippen molar-refractivity contribution >= 4 is 29.6 Å². The molecule has 1 amide bonds. The molecule has 1 heterocycles. The summed E-state index contributed by atoms with van der Waals surface area (Å²) in [6.45, 7) is 4.95. The Morgan fingerprint density at radius 2 is 1.88 bits per heavy atom. The molecule has 1 aliphatic carbocycles. The third-order valence-electron chi connectivity index (χ3n) is 6.31. The molecule has 0 N–H and O–H groups in total. The Kier molecular flexibility index (Phi) is 9.01. The van der Waals surface area contributed by atoms with Crippen molar-refractivity contribution in [2.75, 3.05) is 13.7 Å². The van der Waals surface area contributed by atoms with Crippen molar-refractivity contribution < 1.29 is 23.9 Å². The normalized spacial score (nSPS) is 22.7. The van der Waals surface area contributed by atoms with Gasteiger partial charge in [0, 0.05) is 6.54 Å². The van der Waals surface area contributed by atoms with Crippen LogP contribution in [-0.4, -0.2) is 46.5 Å². The molecule has 1 aromatic rings. The van der Waals surface area contributed by atoms with Crippen molar-refractivity contribution in [1.82, 2.24) is 4.90 Å². The lowest BCUT2D eigenvalue weighted by atomic mass is 9.87. The summed E-state index contributed by atoms with van der Waals surface area (Å²) in [6, 6.07) is 9.54. The molecule has 1 spiro atoms. The topological polar surface area (TPSA) is 72.9 Å². The fraction of sp³-hybridized carbons (Fsp3) is 0.577. The number of hydrogen-bond acceptors (Lipinski definition) is 6. The van der Waals surface area contributed by atoms with E-state index in [1.54, 1.807) is 11.8 Å². The van der Waals surface area contributed by atoms with Gasteiger partial charge >= 0.3 is 11.9 Å². The number of carbonyl (C=O) groups is 3. The van der Waals surface area contributed by atoms with Gasteiger partial charge in [-0.3, -0.25) is 14.4 Å². The fourth-order valence-electron chi connectivity index (χ4n) is 4.40. The predicted molar refractivity (Wildman–Crippen MR) is 129 cm³/mol. The quantitative estimate of drug-likeness (QED) is 0.376. The van der Waals surface area contributed by atoms with Gasteiger partial charge in [-0.2, -0.15) is 0 Å². The first-order valence-electron chi connectivity index (χ1n) is 11.8. The maximum Gasteiger partial charge on any atom is 0.307 e. The molecule has 1 aromatic carbocycles. The minimum absolute atomic E-state index is 0.0623. The number of methoxy groups -OCH3 is 1. The highest BCUT2D eigenvalue weighted by Crippen LogP contribution is 2.52. The molecule has 6 nitrogen and oxygen atoms in total. The maximum absolute atomic E-state index is 13.2. The molecule has 3 rings (SSSR count). The molecule has 0 aromatic heterocycles. The minimum Gasteiger partial charge on any atom is -0.469 e. The lowest BCUT2D eigenvalue weighted by Gasteiger charge is -2.41. The molecule has 1 saturated carbocycles. The summed E-state index contributed by atoms with van der Waals surface area (Å²) in [5.74, 6) is -0.153. The van der Waals surface area contributed by atoms with Crippen molar-refractivity contribution in [3.63, 3.8) is 0 Å². The summed E-state index contributed by atoms with van der Waals surface area (Å²) in [6.07, 6.45) is 7.16. The summed E-state index contributed by atoms with van der Waals surface area (Å²) < 4.78 is 10.2. The van der Waals surface area contributed by atoms with Crippen LogP contribution in [0.4, 0.5) is 0 Å². The number of amides is 1. The molecule has 33 heavy (non-hydrogen) atoms. The maximum atomic E-state index is 13.2. The van der Waals surface area contributed by atoms with E-state index in [1.165, 1.54) is 12.7 Å². The number of hydrogen-bond donors (Lipinski definition) is 0. The van der Waals surface area contributed by atoms with Gasteiger partial charge in [-0.1, -0.05) is 55.8 Å². The smallest absolute Gasteiger partial charge is 0.307 e. The zero-order valence-corrected chi connectivity index (χ0v) is 20.7. The number of ether oxygens (including phenoxy) is 2. The summed E-state index contributed by atoms with van der Waals surface area (Å²) >= 11 is 1.58. The van der Waals surface area contributed by atoms with E-state index in [4.69, 9.17) is 9.47 Å². The first kappa shape index (κ1) is 25.3. The van der Waals surface area contributed by atoms with Crippen LogP contribution < -0.4 is 0 Å². The molecule has 1 unspecified atom stereocenters. The molecule has 1 aliphatic heterocycles. The second-order valence-corrected chi connectivity index (χ2v) is 10.8. The van der Waals surface area contributed by atoms with Crippen molar-refractivity contribution in [3.8, 4) is 0 Å². The molecule has 0 radical (unpaired) electrons. The highest BCUT2D eigenvalue weighted by Gasteiger charge is 2.52. The van der Waals surface area contributed by atoms with Crippen LogP contribution in [0.5, 0.6) is 0 Å². The largest absolute Gasteiger partial charge is 0.469 e. The van der Waals surface area contributed by atoms with Crippen LogP contribution in [0, 0.1) is 5.92 Å². The van der Waals surface area contributed by atoms with E-state index >= 15 is 0 Å². The molecule has 1 saturated heterocycles. The fourth-order valence-corrected chi connectivity index (χ4v) is 6.13. The average Bonchev–Trinajstić information content (AvgIpc) is 3.06. The first-order chi connectivity index (χ1) is 15.8. The van der Waals surface area contributed by atoms with Crippen LogP contribution in [-0.2, 0) is 30.5 Å². The average molecular weight is 474 g/mol. The number of rotatable bonds is 9. The van der Waals surface area contributed by atoms with E-state index < -0.39 is 5.25 Å². The molecule has 1 atom stereocenters. The van der Waals surface area contributed by atoms with E-state index in [1.807, 2.05) is 35.2 Å². The van der Waals surface area contributed by atoms with E-state index in [-0.39, 0.29) is 42.2 Å². The van der Waals surface area contributed by atoms with Gasteiger partial charge in [0.05, 0.1) is 30.1 Å². The number of benzene rings is 1. The van der Waals surface area contributed by atoms with E-state index in [2.05, 4.69) is 19.9 Å². The summed E-state index contributed by atoms with van der Waals surface area (Å²) in [4.78, 5) is 39.0. The number of esters is 2. The van der Waals surface area contributed by atoms with Crippen LogP contribution in [0.25, 0.3) is 0 Å². The zero-order chi connectivity index (χ0) is 23.8. The lowest BCUT2D eigenvalue weighted by Crippen LogP contribution is -2.47. The van der Waals surface area contributed by atoms with Crippen LogP contribution in [0.3, 0.4) is 0 Å². The van der Waals surface area contributed by atoms with Crippen LogP contribution in [0.15, 0.2) is 42.0 Å². The van der Waals surface area contributed by atoms with E-state index in [0.717, 1.165) is 37.7 Å². The highest BCUT2D eigenvalue weighted by molar-refractivity contribution is 8.02. The van der Waals surface area contributed by atoms with Crippen LogP contribution in [0.1, 0.15) is 64.4 Å². The van der Waals surface area contributed by atoms with Crippen molar-refractivity contribution in [2.45, 2.75) is 75.5 Å². The van der Waals surface area contributed by atoms with Gasteiger partial charge in [-0.05, 0) is 43.6 Å². The van der Waals surface area contributed by atoms with Crippen molar-refractivity contribution in [3.05, 3.63) is 47.5 Å². The molecule has 180 valence electrons. The second-order valence-electron chi connectivity index (χ2n) is 9.21. The number of allylic oxidation sites excluding steroid dienone is 2. The molecule has 2 aliphatic rings. The Morgan fingerprint density at radius 3 is 2.52 bits per heavy atom. The van der Waals surface area contributed by atoms with Gasteiger partial charge in [-0.25, -0.2) is 0 Å². The Labute approximate surface area is 201 Å². The standard InChI is InChI=1S/C26H35NO5S/c1-19(2)9-10-20-11-14-26(15-12-20)27(25(30)22(33-26)17-24(29)31-3)16-13-23(28)32-18-21-7-5-4-6-8-21/h4-8,10,19,22H,9,11-18H2,1-3H3. The van der Waals surface area contributed by atoms with Gasteiger partial charge in [0.15, 0.2) is 0 Å². The Bertz CT molecular complexity index is 857. The van der Waals surface area contributed by atoms with Gasteiger partial charge in [0.1, 0.15) is 6.61 Å². The van der Waals surface area contributed by atoms with Crippen LogP contribution >= 0.6 is 11.8 Å². The second kappa shape index (κ2) is 11.7. The van der Waals surface area contributed by atoms with Gasteiger partial charge < -0.3 is 14.4 Å². The first-order valence-corrected chi connectivity index (χ1v) is 12.6. The Hall–Kier alpha value is -2.28. The lowest BCUT2D eigenvalue weighted by molar-refractivity contribution is -0.147. The van der Waals surface area contributed by atoms with Gasteiger partial charge in [-0.15, -0.1) is 11.8 Å². The molecule has 0 bridgehead atoms. The monoisotopic (exact) mass is 473 g/mol. The predicted octanol–water partition coefficient (Wildman–Crippen LogP) is 4.87. The highest BCUT2D eigenvalue weighted by atomic mass is 32.2. The number of nitrogens with zero attached hydrogens (tertiary/aromatic N) is 1. The van der Waals surface area contributed by atoms with Gasteiger partial charge in [0.2, 0.25) is 5.91 Å². The SMILES string of the molecule is COC(=O)CC1SC2(CCC(=CCC(C)C)CC2)N(CCC(=O)OCc2ccccc2)C1=O. The van der Waals surface area contributed by atoms with Crippen molar-refractivity contribution in [2.24, 2.45) is 5.92 Å². The summed E-state index contributed by atoms with van der Waals surface area (Å²) in [5, 5.41) is -0.459. The minimum atomic E-state index is -0.459. The molecular formula is C26H35NO5S. The van der Waals surface area contributed by atoms with Crippen LogP contribution in [0.2, 0.25) is 0 Å². The third kappa shape index (κ3) is 6.85. The van der Waals surface area contributed by atoms with Crippen molar-refractivity contribution in [1.29, 1.82) is 0 Å². The third-order valence-corrected chi connectivity index (χ3v) is 8.03. The van der Waals surface area contributed by atoms with Gasteiger partial charge in [0.25, 0.3) is 0 Å². The molecule has 2 fully saturated rings. The summed E-state index contributed by atoms with van der Waals surface area (Å²) in [7, 11) is 1.34.